The Balaban J connectivity index is 2.10. The molecular formula is C14H16F3NO3. The Morgan fingerprint density at radius 2 is 2.10 bits per heavy atom. The second kappa shape index (κ2) is 5.93. The number of nitrogens with zero attached hydrogens (tertiary/aromatic N) is 1. The predicted molar refractivity (Wildman–Crippen MR) is 68.7 cm³/mol. The minimum atomic E-state index is -4.61. The van der Waals surface area contributed by atoms with Crippen LogP contribution in [0.4, 0.5) is 13.2 Å². The third-order valence-electron chi connectivity index (χ3n) is 3.37. The summed E-state index contributed by atoms with van der Waals surface area (Å²) in [4.78, 5) is 13.3. The molecule has 1 N–H and O–H groups in total. The van der Waals surface area contributed by atoms with E-state index in [2.05, 4.69) is 0 Å². The lowest BCUT2D eigenvalue weighted by Crippen LogP contribution is -2.33. The van der Waals surface area contributed by atoms with Crippen molar-refractivity contribution in [3.05, 3.63) is 29.3 Å². The van der Waals surface area contributed by atoms with Crippen molar-refractivity contribution in [1.29, 1.82) is 0 Å². The van der Waals surface area contributed by atoms with Gasteiger partial charge in [-0.1, -0.05) is 6.07 Å². The molecule has 0 aliphatic heterocycles. The number of carbonyl (C=O) groups is 1. The van der Waals surface area contributed by atoms with Gasteiger partial charge < -0.3 is 14.7 Å². The minimum absolute atomic E-state index is 0.135. The zero-order valence-corrected chi connectivity index (χ0v) is 11.5. The Morgan fingerprint density at radius 3 is 2.62 bits per heavy atom. The van der Waals surface area contributed by atoms with Crippen LogP contribution in [-0.4, -0.2) is 35.6 Å². The number of halogens is 3. The van der Waals surface area contributed by atoms with Crippen LogP contribution in [0.5, 0.6) is 5.75 Å². The first-order chi connectivity index (χ1) is 9.82. The number of hydrogen-bond acceptors (Lipinski definition) is 3. The zero-order valence-electron chi connectivity index (χ0n) is 11.5. The molecule has 21 heavy (non-hydrogen) atoms. The number of alkyl halides is 3. The Bertz CT molecular complexity index is 527. The smallest absolute Gasteiger partial charge is 0.419 e. The van der Waals surface area contributed by atoms with Crippen molar-refractivity contribution in [2.45, 2.75) is 31.7 Å². The molecule has 0 atom stereocenters. The first-order valence-corrected chi connectivity index (χ1v) is 6.52. The summed E-state index contributed by atoms with van der Waals surface area (Å²) in [7, 11) is 1.61. The lowest BCUT2D eigenvalue weighted by Gasteiger charge is -2.18. The van der Waals surface area contributed by atoms with Gasteiger partial charge in [-0.3, -0.25) is 4.79 Å². The van der Waals surface area contributed by atoms with Gasteiger partial charge in [0.15, 0.2) is 6.61 Å². The van der Waals surface area contributed by atoms with Crippen molar-refractivity contribution in [3.63, 3.8) is 0 Å². The van der Waals surface area contributed by atoms with Crippen LogP contribution < -0.4 is 4.74 Å². The number of ether oxygens (including phenoxy) is 1. The number of amides is 1. The average molecular weight is 303 g/mol. The van der Waals surface area contributed by atoms with Crippen molar-refractivity contribution in [2.24, 2.45) is 0 Å². The van der Waals surface area contributed by atoms with E-state index >= 15 is 0 Å². The Hall–Kier alpha value is -1.76. The second-order valence-electron chi connectivity index (χ2n) is 5.01. The third-order valence-corrected chi connectivity index (χ3v) is 3.37. The van der Waals surface area contributed by atoms with E-state index in [9.17, 15) is 18.0 Å². The first-order valence-electron chi connectivity index (χ1n) is 6.52. The molecule has 1 saturated carbocycles. The summed E-state index contributed by atoms with van der Waals surface area (Å²) in [5.74, 6) is -0.755. The van der Waals surface area contributed by atoms with Crippen molar-refractivity contribution in [1.82, 2.24) is 4.90 Å². The summed E-state index contributed by atoms with van der Waals surface area (Å²) in [6.07, 6.45) is -2.77. The van der Waals surface area contributed by atoms with E-state index in [1.54, 1.807) is 7.05 Å². The standard InChI is InChI=1S/C14H16F3NO3/c1-18(10-3-4-10)13(20)8-21-12-5-2-9(7-19)6-11(12)14(15,16)17/h2,5-6,10,19H,3-4,7-8H2,1H3. The summed E-state index contributed by atoms with van der Waals surface area (Å²) in [6, 6.07) is 3.46. The van der Waals surface area contributed by atoms with E-state index < -0.39 is 30.7 Å². The van der Waals surface area contributed by atoms with Crippen LogP contribution in [0.25, 0.3) is 0 Å². The highest BCUT2D eigenvalue weighted by Gasteiger charge is 2.35. The van der Waals surface area contributed by atoms with Crippen molar-refractivity contribution >= 4 is 5.91 Å². The molecule has 4 nitrogen and oxygen atoms in total. The second-order valence-corrected chi connectivity index (χ2v) is 5.01. The van der Waals surface area contributed by atoms with Crippen LogP contribution >= 0.6 is 0 Å². The molecule has 0 bridgehead atoms. The van der Waals surface area contributed by atoms with Crippen molar-refractivity contribution in [3.8, 4) is 5.75 Å². The topological polar surface area (TPSA) is 49.8 Å². The van der Waals surface area contributed by atoms with Gasteiger partial charge in [0.2, 0.25) is 0 Å². The molecule has 0 unspecified atom stereocenters. The van der Waals surface area contributed by atoms with Gasteiger partial charge in [0, 0.05) is 13.1 Å². The minimum Gasteiger partial charge on any atom is -0.483 e. The maximum atomic E-state index is 12.9. The fraction of sp³-hybridized carbons (Fsp3) is 0.500. The van der Waals surface area contributed by atoms with E-state index in [1.807, 2.05) is 0 Å². The number of carbonyl (C=O) groups excluding carboxylic acids is 1. The maximum Gasteiger partial charge on any atom is 0.419 e. The summed E-state index contributed by atoms with van der Waals surface area (Å²) < 4.78 is 43.8. The van der Waals surface area contributed by atoms with Crippen LogP contribution in [0.2, 0.25) is 0 Å². The van der Waals surface area contributed by atoms with Gasteiger partial charge in [0.05, 0.1) is 12.2 Å². The fourth-order valence-corrected chi connectivity index (χ4v) is 1.93. The van der Waals surface area contributed by atoms with E-state index in [0.29, 0.717) is 0 Å². The van der Waals surface area contributed by atoms with Crippen LogP contribution in [0.1, 0.15) is 24.0 Å². The number of aliphatic hydroxyl groups is 1. The number of benzene rings is 1. The monoisotopic (exact) mass is 303 g/mol. The highest BCUT2D eigenvalue weighted by atomic mass is 19.4. The Morgan fingerprint density at radius 1 is 1.43 bits per heavy atom. The molecule has 1 aliphatic carbocycles. The molecule has 0 aromatic heterocycles. The van der Waals surface area contributed by atoms with Gasteiger partial charge in [-0.2, -0.15) is 13.2 Å². The van der Waals surface area contributed by atoms with Gasteiger partial charge in [-0.25, -0.2) is 0 Å². The molecule has 1 aromatic rings. The summed E-state index contributed by atoms with van der Waals surface area (Å²) in [5.41, 5.74) is -0.855. The van der Waals surface area contributed by atoms with Crippen LogP contribution in [0.15, 0.2) is 18.2 Å². The fourth-order valence-electron chi connectivity index (χ4n) is 1.93. The number of rotatable bonds is 5. The Labute approximate surface area is 120 Å². The molecule has 2 rings (SSSR count). The van der Waals surface area contributed by atoms with Gasteiger partial charge in [0.25, 0.3) is 5.91 Å². The molecule has 7 heteroatoms. The lowest BCUT2D eigenvalue weighted by molar-refractivity contribution is -0.140. The van der Waals surface area contributed by atoms with Gasteiger partial charge in [-0.05, 0) is 30.5 Å². The SMILES string of the molecule is CN(C(=O)COc1ccc(CO)cc1C(F)(F)F)C1CC1. The summed E-state index contributed by atoms with van der Waals surface area (Å²) in [6.45, 7) is -0.929. The number of likely N-dealkylation sites (N-methyl/N-ethyl adjacent to an activating group) is 1. The summed E-state index contributed by atoms with van der Waals surface area (Å²) >= 11 is 0. The number of aliphatic hydroxyl groups excluding tert-OH is 1. The van der Waals surface area contributed by atoms with Gasteiger partial charge in [-0.15, -0.1) is 0 Å². The largest absolute Gasteiger partial charge is 0.483 e. The first kappa shape index (κ1) is 15.6. The highest BCUT2D eigenvalue weighted by Crippen LogP contribution is 2.37. The third kappa shape index (κ3) is 3.87. The van der Waals surface area contributed by atoms with Gasteiger partial charge in [0.1, 0.15) is 5.75 Å². The number of hydrogen-bond donors (Lipinski definition) is 1. The lowest BCUT2D eigenvalue weighted by atomic mass is 10.1. The zero-order chi connectivity index (χ0) is 15.6. The van der Waals surface area contributed by atoms with E-state index in [0.717, 1.165) is 25.0 Å². The van der Waals surface area contributed by atoms with Crippen molar-refractivity contribution < 1.29 is 27.8 Å². The molecule has 116 valence electrons. The average Bonchev–Trinajstić information content (AvgIpc) is 3.27. The highest BCUT2D eigenvalue weighted by molar-refractivity contribution is 5.78. The molecule has 0 spiro atoms. The quantitative estimate of drug-likeness (QED) is 0.907. The van der Waals surface area contributed by atoms with Crippen LogP contribution in [-0.2, 0) is 17.6 Å². The molecule has 1 fully saturated rings. The molecule has 1 aromatic carbocycles. The molecule has 0 radical (unpaired) electrons. The molecule has 0 heterocycles. The van der Waals surface area contributed by atoms with Crippen LogP contribution in [0.3, 0.4) is 0 Å². The molecular weight excluding hydrogens is 287 g/mol. The van der Waals surface area contributed by atoms with E-state index in [-0.39, 0.29) is 17.5 Å². The maximum absolute atomic E-state index is 12.9. The molecule has 0 saturated heterocycles. The van der Waals surface area contributed by atoms with E-state index in [4.69, 9.17) is 9.84 Å². The van der Waals surface area contributed by atoms with Crippen LogP contribution in [0, 0.1) is 0 Å². The summed E-state index contributed by atoms with van der Waals surface area (Å²) in [5, 5.41) is 8.91. The predicted octanol–water partition coefficient (Wildman–Crippen LogP) is 2.20. The van der Waals surface area contributed by atoms with Gasteiger partial charge >= 0.3 is 6.18 Å². The normalized spacial score (nSPS) is 14.9. The van der Waals surface area contributed by atoms with E-state index in [1.165, 1.54) is 11.0 Å². The molecule has 1 aliphatic rings. The molecule has 1 amide bonds. The van der Waals surface area contributed by atoms with Crippen molar-refractivity contribution in [2.75, 3.05) is 13.7 Å². The Kier molecular flexibility index (Phi) is 4.41.